The third kappa shape index (κ3) is 4.35. The highest BCUT2D eigenvalue weighted by Gasteiger charge is 2.28. The van der Waals surface area contributed by atoms with Gasteiger partial charge in [0, 0.05) is 17.3 Å². The zero-order chi connectivity index (χ0) is 22.6. The van der Waals surface area contributed by atoms with Crippen molar-refractivity contribution >= 4 is 28.0 Å². The van der Waals surface area contributed by atoms with Crippen LogP contribution in [0.3, 0.4) is 0 Å². The molecule has 1 aliphatic rings. The molecular weight excluding hydrogens is 410 g/mol. The molecule has 0 bridgehead atoms. The van der Waals surface area contributed by atoms with Crippen molar-refractivity contribution in [3.05, 3.63) is 115 Å². The van der Waals surface area contributed by atoms with Gasteiger partial charge in [-0.1, -0.05) is 61.7 Å². The summed E-state index contributed by atoms with van der Waals surface area (Å²) in [5.74, 6) is -0.0397. The van der Waals surface area contributed by atoms with Crippen molar-refractivity contribution in [3.63, 3.8) is 0 Å². The molecule has 1 aliphatic carbocycles. The van der Waals surface area contributed by atoms with Crippen molar-refractivity contribution in [2.45, 2.75) is 17.4 Å². The quantitative estimate of drug-likeness (QED) is 0.649. The summed E-state index contributed by atoms with van der Waals surface area (Å²) in [4.78, 5) is 11.6. The van der Waals surface area contributed by atoms with Crippen LogP contribution in [0.25, 0.3) is 12.2 Å². The Morgan fingerprint density at radius 2 is 1.61 bits per heavy atom. The maximum absolute atomic E-state index is 12.4. The summed E-state index contributed by atoms with van der Waals surface area (Å²) in [5.41, 5.74) is 1.53. The molecular formula is C25H23NO4S. The van der Waals surface area contributed by atoms with E-state index >= 15 is 0 Å². The Morgan fingerprint density at radius 1 is 0.968 bits per heavy atom. The Bertz CT molecular complexity index is 1270. The molecule has 0 spiro atoms. The summed E-state index contributed by atoms with van der Waals surface area (Å²) in [6, 6.07) is 17.1. The van der Waals surface area contributed by atoms with Gasteiger partial charge in [-0.05, 0) is 48.9 Å². The molecule has 1 N–H and O–H groups in total. The van der Waals surface area contributed by atoms with E-state index < -0.39 is 15.6 Å². The standard InChI is InChI=1S/C14H13NO2S.C11H10O2/c1-3-12-10-11-15(14(12)4-2)18(16,17)13-8-6-5-7-9-13;1-11(13)7-6-10(12)8-4-2-3-5-9(8)11/h3-11H,1-2H2;2-7,13H,1H3. The molecule has 2 aromatic carbocycles. The third-order valence-corrected chi connectivity index (χ3v) is 6.64. The van der Waals surface area contributed by atoms with Crippen LogP contribution in [0.4, 0.5) is 0 Å². The van der Waals surface area contributed by atoms with Crippen LogP contribution in [0.15, 0.2) is 97.1 Å². The lowest BCUT2D eigenvalue weighted by Gasteiger charge is -2.25. The Morgan fingerprint density at radius 3 is 2.23 bits per heavy atom. The van der Waals surface area contributed by atoms with Crippen LogP contribution in [0.5, 0.6) is 0 Å². The highest BCUT2D eigenvalue weighted by molar-refractivity contribution is 7.90. The van der Waals surface area contributed by atoms with Gasteiger partial charge in [-0.15, -0.1) is 0 Å². The number of carbonyl (C=O) groups is 1. The van der Waals surface area contributed by atoms with Gasteiger partial charge >= 0.3 is 0 Å². The fourth-order valence-electron chi connectivity index (χ4n) is 3.29. The van der Waals surface area contributed by atoms with Gasteiger partial charge in [0.2, 0.25) is 0 Å². The summed E-state index contributed by atoms with van der Waals surface area (Å²) in [6.45, 7) is 8.97. The number of aromatic nitrogens is 1. The maximum atomic E-state index is 12.4. The first-order valence-electron chi connectivity index (χ1n) is 9.54. The molecule has 3 aromatic rings. The second kappa shape index (κ2) is 8.71. The van der Waals surface area contributed by atoms with Crippen molar-refractivity contribution in [2.24, 2.45) is 0 Å². The number of nitrogens with zero attached hydrogens (tertiary/aromatic N) is 1. The van der Waals surface area contributed by atoms with Gasteiger partial charge in [0.05, 0.1) is 10.6 Å². The van der Waals surface area contributed by atoms with Crippen LogP contribution in [0.2, 0.25) is 0 Å². The van der Waals surface area contributed by atoms with Gasteiger partial charge in [-0.25, -0.2) is 12.4 Å². The summed E-state index contributed by atoms with van der Waals surface area (Å²) >= 11 is 0. The fraction of sp³-hybridized carbons (Fsp3) is 0.0800. The van der Waals surface area contributed by atoms with Gasteiger partial charge in [0.25, 0.3) is 10.0 Å². The number of hydrogen-bond acceptors (Lipinski definition) is 4. The van der Waals surface area contributed by atoms with Crippen molar-refractivity contribution in [2.75, 3.05) is 0 Å². The van der Waals surface area contributed by atoms with E-state index in [1.54, 1.807) is 67.6 Å². The van der Waals surface area contributed by atoms with E-state index in [0.29, 0.717) is 16.8 Å². The van der Waals surface area contributed by atoms with Gasteiger partial charge < -0.3 is 5.11 Å². The molecule has 0 radical (unpaired) electrons. The van der Waals surface area contributed by atoms with Crippen molar-refractivity contribution in [1.82, 2.24) is 3.97 Å². The monoisotopic (exact) mass is 433 g/mol. The van der Waals surface area contributed by atoms with Gasteiger partial charge in [0.15, 0.2) is 5.78 Å². The molecule has 0 aliphatic heterocycles. The Balaban J connectivity index is 0.000000185. The highest BCUT2D eigenvalue weighted by Crippen LogP contribution is 2.29. The predicted octanol–water partition coefficient (Wildman–Crippen LogP) is 4.66. The third-order valence-electron chi connectivity index (χ3n) is 4.93. The Kier molecular flexibility index (Phi) is 6.24. The molecule has 4 rings (SSSR count). The normalized spacial score (nSPS) is 17.3. The minimum absolute atomic E-state index is 0.0397. The van der Waals surface area contributed by atoms with E-state index in [-0.39, 0.29) is 10.7 Å². The minimum atomic E-state index is -3.57. The molecule has 0 fully saturated rings. The van der Waals surface area contributed by atoms with Gasteiger partial charge in [-0.3, -0.25) is 4.79 Å². The first-order valence-corrected chi connectivity index (χ1v) is 11.0. The van der Waals surface area contributed by atoms with Crippen LogP contribution < -0.4 is 0 Å². The SMILES string of the molecule is C=Cc1ccn(S(=O)(=O)c2ccccc2)c1C=C.CC1(O)C=CC(=O)c2ccccc21. The molecule has 1 aromatic heterocycles. The smallest absolute Gasteiger partial charge is 0.268 e. The number of carbonyl (C=O) groups excluding carboxylic acids is 1. The number of ketones is 1. The Hall–Kier alpha value is -3.48. The number of rotatable bonds is 4. The van der Waals surface area contributed by atoms with Crippen molar-refractivity contribution in [3.8, 4) is 0 Å². The molecule has 0 amide bonds. The lowest BCUT2D eigenvalue weighted by Crippen LogP contribution is -2.25. The summed E-state index contributed by atoms with van der Waals surface area (Å²) < 4.78 is 26.1. The lowest BCUT2D eigenvalue weighted by atomic mass is 9.85. The van der Waals surface area contributed by atoms with E-state index in [9.17, 15) is 18.3 Å². The topological polar surface area (TPSA) is 76.4 Å². The molecule has 5 nitrogen and oxygen atoms in total. The van der Waals surface area contributed by atoms with E-state index in [0.717, 1.165) is 5.56 Å². The molecule has 1 unspecified atom stereocenters. The van der Waals surface area contributed by atoms with Crippen LogP contribution >= 0.6 is 0 Å². The molecule has 0 saturated heterocycles. The van der Waals surface area contributed by atoms with Crippen LogP contribution in [-0.2, 0) is 15.6 Å². The maximum Gasteiger partial charge on any atom is 0.268 e. The first kappa shape index (κ1) is 22.2. The summed E-state index contributed by atoms with van der Waals surface area (Å²) in [5, 5.41) is 9.91. The number of aliphatic hydroxyl groups is 1. The van der Waals surface area contributed by atoms with Gasteiger partial charge in [0.1, 0.15) is 5.60 Å². The number of hydrogen-bond donors (Lipinski definition) is 1. The molecule has 1 heterocycles. The largest absolute Gasteiger partial charge is 0.381 e. The van der Waals surface area contributed by atoms with Crippen molar-refractivity contribution < 1.29 is 18.3 Å². The number of fused-ring (bicyclic) bond motifs is 1. The second-order valence-corrected chi connectivity index (χ2v) is 8.88. The molecule has 158 valence electrons. The van der Waals surface area contributed by atoms with E-state index in [1.807, 2.05) is 6.07 Å². The molecule has 0 saturated carbocycles. The highest BCUT2D eigenvalue weighted by atomic mass is 32.2. The summed E-state index contributed by atoms with van der Waals surface area (Å²) in [7, 11) is -3.57. The molecule has 6 heteroatoms. The zero-order valence-electron chi connectivity index (χ0n) is 17.1. The van der Waals surface area contributed by atoms with Crippen molar-refractivity contribution in [1.29, 1.82) is 0 Å². The molecule has 1 atom stereocenters. The minimum Gasteiger partial charge on any atom is -0.381 e. The fourth-order valence-corrected chi connectivity index (χ4v) is 4.68. The summed E-state index contributed by atoms with van der Waals surface area (Å²) in [6.07, 6.45) is 7.57. The van der Waals surface area contributed by atoms with Gasteiger partial charge in [-0.2, -0.15) is 0 Å². The van der Waals surface area contributed by atoms with E-state index in [2.05, 4.69) is 13.2 Å². The Labute approximate surface area is 182 Å². The van der Waals surface area contributed by atoms with E-state index in [4.69, 9.17) is 0 Å². The second-order valence-electron chi connectivity index (χ2n) is 7.07. The van der Waals surface area contributed by atoms with Crippen LogP contribution in [0, 0.1) is 0 Å². The zero-order valence-corrected chi connectivity index (χ0v) is 17.9. The number of allylic oxidation sites excluding steroid dienone is 1. The number of benzene rings is 2. The lowest BCUT2D eigenvalue weighted by molar-refractivity contribution is 0.0931. The predicted molar refractivity (Wildman–Crippen MR) is 123 cm³/mol. The first-order chi connectivity index (χ1) is 14.7. The average molecular weight is 434 g/mol. The molecule has 31 heavy (non-hydrogen) atoms. The van der Waals surface area contributed by atoms with Crippen LogP contribution in [0.1, 0.15) is 34.1 Å². The average Bonchev–Trinajstić information content (AvgIpc) is 3.22. The van der Waals surface area contributed by atoms with Crippen LogP contribution in [-0.4, -0.2) is 23.3 Å². The van der Waals surface area contributed by atoms with E-state index in [1.165, 1.54) is 28.4 Å².